The average molecular weight is 514 g/mol. The smallest absolute Gasteiger partial charge is 0.254 e. The molecule has 0 spiro atoms. The van der Waals surface area contributed by atoms with Gasteiger partial charge in [0.2, 0.25) is 0 Å². The Bertz CT molecular complexity index is 1680. The fourth-order valence-corrected chi connectivity index (χ4v) is 4.21. The second-order valence-electron chi connectivity index (χ2n) is 8.66. The van der Waals surface area contributed by atoms with E-state index >= 15 is 0 Å². The zero-order valence-electron chi connectivity index (χ0n) is 20.9. The summed E-state index contributed by atoms with van der Waals surface area (Å²) >= 11 is 0. The van der Waals surface area contributed by atoms with Gasteiger partial charge in [-0.2, -0.15) is 0 Å². The molecule has 0 aliphatic heterocycles. The predicted molar refractivity (Wildman–Crippen MR) is 144 cm³/mol. The second-order valence-corrected chi connectivity index (χ2v) is 8.66. The Balaban J connectivity index is 1.56. The molecule has 1 N–H and O–H groups in total. The van der Waals surface area contributed by atoms with E-state index in [0.717, 1.165) is 34.3 Å². The number of rotatable bonds is 8. The van der Waals surface area contributed by atoms with E-state index in [9.17, 15) is 13.6 Å². The number of aromatic nitrogens is 2. The highest BCUT2D eigenvalue weighted by atomic mass is 19.1. The van der Waals surface area contributed by atoms with Crippen molar-refractivity contribution in [1.29, 1.82) is 0 Å². The fraction of sp³-hybridized carbons (Fsp3) is 0.133. The minimum absolute atomic E-state index is 0.126. The summed E-state index contributed by atoms with van der Waals surface area (Å²) in [6.45, 7) is 2.69. The first-order chi connectivity index (χ1) is 18.4. The largest absolute Gasteiger partial charge is 0.493 e. The molecule has 5 aromatic rings. The first-order valence-electron chi connectivity index (χ1n) is 12.1. The summed E-state index contributed by atoms with van der Waals surface area (Å²) in [5.74, 6) is -0.963. The minimum Gasteiger partial charge on any atom is -0.493 e. The molecule has 0 fully saturated rings. The molecule has 0 aliphatic carbocycles. The lowest BCUT2D eigenvalue weighted by Crippen LogP contribution is -2.16. The quantitative estimate of drug-likeness (QED) is 0.251. The standard InChI is InChI=1S/C30H25F2N3O3/c1-3-37-29-16-30(36)35(2)18-24(29)23-15-21(9-11-27(23)38-28-10-8-20(31)14-25(28)32)34-17-19-12-13-33-26-7-5-4-6-22(19)26/h4-16,18,34H,3,17H2,1-2H3. The summed E-state index contributed by atoms with van der Waals surface area (Å²) in [5.41, 5.74) is 3.67. The topological polar surface area (TPSA) is 65.4 Å². The number of anilines is 1. The maximum atomic E-state index is 14.5. The van der Waals surface area contributed by atoms with Crippen molar-refractivity contribution in [2.75, 3.05) is 11.9 Å². The molecule has 0 radical (unpaired) electrons. The maximum absolute atomic E-state index is 14.5. The third-order valence-corrected chi connectivity index (χ3v) is 6.10. The Morgan fingerprint density at radius 1 is 0.921 bits per heavy atom. The summed E-state index contributed by atoms with van der Waals surface area (Å²) in [7, 11) is 1.64. The van der Waals surface area contributed by atoms with Crippen molar-refractivity contribution in [2.45, 2.75) is 13.5 Å². The van der Waals surface area contributed by atoms with Gasteiger partial charge in [0.1, 0.15) is 17.3 Å². The Hall–Kier alpha value is -4.72. The van der Waals surface area contributed by atoms with Crippen molar-refractivity contribution in [1.82, 2.24) is 9.55 Å². The molecule has 0 saturated heterocycles. The normalized spacial score (nSPS) is 10.9. The van der Waals surface area contributed by atoms with E-state index in [1.54, 1.807) is 25.5 Å². The lowest BCUT2D eigenvalue weighted by molar-refractivity contribution is 0.340. The van der Waals surface area contributed by atoms with E-state index < -0.39 is 11.6 Å². The molecular formula is C30H25F2N3O3. The third-order valence-electron chi connectivity index (χ3n) is 6.10. The molecule has 0 saturated carbocycles. The Morgan fingerprint density at radius 2 is 1.74 bits per heavy atom. The van der Waals surface area contributed by atoms with E-state index in [-0.39, 0.29) is 11.3 Å². The first kappa shape index (κ1) is 25.0. The zero-order chi connectivity index (χ0) is 26.6. The van der Waals surface area contributed by atoms with Crippen LogP contribution in [0.1, 0.15) is 12.5 Å². The predicted octanol–water partition coefficient (Wildman–Crippen LogP) is 6.68. The molecule has 0 amide bonds. The first-order valence-corrected chi connectivity index (χ1v) is 12.1. The van der Waals surface area contributed by atoms with Crippen molar-refractivity contribution < 1.29 is 18.3 Å². The number of para-hydroxylation sites is 1. The van der Waals surface area contributed by atoms with Crippen LogP contribution in [-0.4, -0.2) is 16.2 Å². The van der Waals surface area contributed by atoms with Crippen LogP contribution in [0.15, 0.2) is 90.0 Å². The van der Waals surface area contributed by atoms with Crippen molar-refractivity contribution >= 4 is 16.6 Å². The maximum Gasteiger partial charge on any atom is 0.254 e. The van der Waals surface area contributed by atoms with Crippen molar-refractivity contribution in [3.8, 4) is 28.4 Å². The number of nitrogens with one attached hydrogen (secondary N) is 1. The van der Waals surface area contributed by atoms with Gasteiger partial charge in [0.15, 0.2) is 11.6 Å². The molecule has 38 heavy (non-hydrogen) atoms. The summed E-state index contributed by atoms with van der Waals surface area (Å²) in [6, 6.07) is 19.8. The van der Waals surface area contributed by atoms with Crippen molar-refractivity contribution in [3.63, 3.8) is 0 Å². The molecule has 0 atom stereocenters. The summed E-state index contributed by atoms with van der Waals surface area (Å²) in [5, 5.41) is 4.48. The molecular weight excluding hydrogens is 488 g/mol. The monoisotopic (exact) mass is 513 g/mol. The van der Waals surface area contributed by atoms with Crippen molar-refractivity contribution in [2.24, 2.45) is 7.05 Å². The van der Waals surface area contributed by atoms with Gasteiger partial charge in [-0.1, -0.05) is 18.2 Å². The number of ether oxygens (including phenoxy) is 2. The third kappa shape index (κ3) is 5.20. The number of halogens is 2. The molecule has 2 heterocycles. The number of aryl methyl sites for hydroxylation is 1. The number of pyridine rings is 2. The highest BCUT2D eigenvalue weighted by Crippen LogP contribution is 2.40. The van der Waals surface area contributed by atoms with Crippen LogP contribution in [0, 0.1) is 11.6 Å². The minimum atomic E-state index is -0.826. The Labute approximate surface area is 218 Å². The fourth-order valence-electron chi connectivity index (χ4n) is 4.21. The molecule has 5 rings (SSSR count). The lowest BCUT2D eigenvalue weighted by atomic mass is 10.0. The highest BCUT2D eigenvalue weighted by Gasteiger charge is 2.17. The Morgan fingerprint density at radius 3 is 2.55 bits per heavy atom. The van der Waals surface area contributed by atoms with Crippen LogP contribution in [0.5, 0.6) is 17.2 Å². The van der Waals surface area contributed by atoms with Gasteiger partial charge in [-0.25, -0.2) is 8.78 Å². The molecule has 8 heteroatoms. The van der Waals surface area contributed by atoms with E-state index in [2.05, 4.69) is 10.3 Å². The van der Waals surface area contributed by atoms with E-state index in [1.807, 2.05) is 49.4 Å². The average Bonchev–Trinajstić information content (AvgIpc) is 2.91. The number of fused-ring (bicyclic) bond motifs is 1. The molecule has 192 valence electrons. The summed E-state index contributed by atoms with van der Waals surface area (Å²) in [6.07, 6.45) is 3.43. The SMILES string of the molecule is CCOc1cc(=O)n(C)cc1-c1cc(NCc2ccnc3ccccc23)ccc1Oc1ccc(F)cc1F. The van der Waals surface area contributed by atoms with Crippen LogP contribution in [0.25, 0.3) is 22.0 Å². The molecule has 2 aromatic heterocycles. The summed E-state index contributed by atoms with van der Waals surface area (Å²) < 4.78 is 41.0. The van der Waals surface area contributed by atoms with Crippen LogP contribution >= 0.6 is 0 Å². The van der Waals surface area contributed by atoms with Gasteiger partial charge in [-0.3, -0.25) is 9.78 Å². The zero-order valence-corrected chi connectivity index (χ0v) is 20.9. The second kappa shape index (κ2) is 10.7. The lowest BCUT2D eigenvalue weighted by Gasteiger charge is -2.18. The van der Waals surface area contributed by atoms with Crippen LogP contribution in [0.4, 0.5) is 14.5 Å². The highest BCUT2D eigenvalue weighted by molar-refractivity contribution is 5.82. The van der Waals surface area contributed by atoms with Crippen LogP contribution < -0.4 is 20.3 Å². The number of nitrogens with zero attached hydrogens (tertiary/aromatic N) is 2. The molecule has 0 aliphatic rings. The number of hydrogen-bond donors (Lipinski definition) is 1. The number of benzene rings is 3. The van der Waals surface area contributed by atoms with Crippen LogP contribution in [0.2, 0.25) is 0 Å². The van der Waals surface area contributed by atoms with E-state index in [4.69, 9.17) is 9.47 Å². The van der Waals surface area contributed by atoms with Crippen LogP contribution in [-0.2, 0) is 13.6 Å². The molecule has 6 nitrogen and oxygen atoms in total. The van der Waals surface area contributed by atoms with Gasteiger partial charge < -0.3 is 19.4 Å². The molecule has 3 aromatic carbocycles. The van der Waals surface area contributed by atoms with Gasteiger partial charge in [-0.05, 0) is 55.0 Å². The summed E-state index contributed by atoms with van der Waals surface area (Å²) in [4.78, 5) is 16.8. The van der Waals surface area contributed by atoms with Gasteiger partial charge in [-0.15, -0.1) is 0 Å². The van der Waals surface area contributed by atoms with Gasteiger partial charge in [0, 0.05) is 60.3 Å². The van der Waals surface area contributed by atoms with E-state index in [0.29, 0.717) is 35.8 Å². The van der Waals surface area contributed by atoms with Gasteiger partial charge in [0.05, 0.1) is 12.1 Å². The van der Waals surface area contributed by atoms with E-state index in [1.165, 1.54) is 16.7 Å². The van der Waals surface area contributed by atoms with Crippen LogP contribution in [0.3, 0.4) is 0 Å². The van der Waals surface area contributed by atoms with Crippen molar-refractivity contribution in [3.05, 3.63) is 113 Å². The molecule has 0 bridgehead atoms. The Kier molecular flexibility index (Phi) is 7.04. The van der Waals surface area contributed by atoms with Gasteiger partial charge >= 0.3 is 0 Å². The van der Waals surface area contributed by atoms with Gasteiger partial charge in [0.25, 0.3) is 5.56 Å². The number of hydrogen-bond acceptors (Lipinski definition) is 5. The molecule has 0 unspecified atom stereocenters.